The molecule has 0 fully saturated rings. The van der Waals surface area contributed by atoms with Crippen LogP contribution < -0.4 is 11.5 Å². The largest absolute Gasteiger partial charge is 0.506 e. The minimum Gasteiger partial charge on any atom is -0.506 e. The molecule has 1 rings (SSSR count). The van der Waals surface area contributed by atoms with Gasteiger partial charge in [-0.2, -0.15) is 0 Å². The Morgan fingerprint density at radius 2 is 1.88 bits per heavy atom. The van der Waals surface area contributed by atoms with Gasteiger partial charge >= 0.3 is 0 Å². The maximum Gasteiger partial charge on any atom is 0.139 e. The summed E-state index contributed by atoms with van der Waals surface area (Å²) < 4.78 is 0. The van der Waals surface area contributed by atoms with Crippen LogP contribution in [0, 0.1) is 0 Å². The Bertz CT molecular complexity index is 361. The molecule has 3 nitrogen and oxygen atoms in total. The molecular weight excluding hydrogens is 282 g/mol. The van der Waals surface area contributed by atoms with E-state index in [4.69, 9.17) is 34.7 Å². The number of nitrogens with two attached hydrogens (primary N) is 2. The van der Waals surface area contributed by atoms with Crippen LogP contribution in [0.2, 0.25) is 10.0 Å². The number of hydrogen-bond acceptors (Lipinski definition) is 3. The van der Waals surface area contributed by atoms with Gasteiger partial charge in [0.2, 0.25) is 0 Å². The number of aromatic hydroxyl groups is 1. The van der Waals surface area contributed by atoms with Crippen LogP contribution in [0.4, 0.5) is 0 Å². The first-order valence-electron chi connectivity index (χ1n) is 5.19. The summed E-state index contributed by atoms with van der Waals surface area (Å²) in [5.74, 6) is 0.0197. The highest BCUT2D eigenvalue weighted by Gasteiger charge is 2.14. The number of halogens is 3. The van der Waals surface area contributed by atoms with Gasteiger partial charge < -0.3 is 16.6 Å². The van der Waals surface area contributed by atoms with Crippen molar-refractivity contribution in [3.8, 4) is 5.75 Å². The van der Waals surface area contributed by atoms with Gasteiger partial charge in [-0.1, -0.05) is 29.6 Å². The normalized spacial score (nSPS) is 12.0. The van der Waals surface area contributed by atoms with Gasteiger partial charge in [0.1, 0.15) is 5.75 Å². The molecule has 1 aromatic carbocycles. The molecule has 0 aliphatic carbocycles. The lowest BCUT2D eigenvalue weighted by atomic mass is 10.0. The van der Waals surface area contributed by atoms with Crippen LogP contribution in [0.1, 0.15) is 30.9 Å². The molecule has 6 heteroatoms. The fourth-order valence-electron chi connectivity index (χ4n) is 1.53. The van der Waals surface area contributed by atoms with E-state index in [0.29, 0.717) is 17.1 Å². The highest BCUT2D eigenvalue weighted by atomic mass is 35.5. The van der Waals surface area contributed by atoms with E-state index >= 15 is 0 Å². The average Bonchev–Trinajstić information content (AvgIpc) is 2.23. The van der Waals surface area contributed by atoms with Gasteiger partial charge in [0.15, 0.2) is 0 Å². The van der Waals surface area contributed by atoms with Crippen molar-refractivity contribution in [3.05, 3.63) is 27.7 Å². The third-order valence-electron chi connectivity index (χ3n) is 2.43. The number of phenolic OH excluding ortho intramolecular Hbond substituents is 1. The van der Waals surface area contributed by atoms with Crippen LogP contribution in [0.25, 0.3) is 0 Å². The molecule has 0 bridgehead atoms. The monoisotopic (exact) mass is 298 g/mol. The lowest BCUT2D eigenvalue weighted by molar-refractivity contribution is 0.456. The third kappa shape index (κ3) is 4.90. The number of phenols is 1. The molecule has 0 unspecified atom stereocenters. The number of benzene rings is 1. The zero-order chi connectivity index (χ0) is 12.1. The zero-order valence-corrected chi connectivity index (χ0v) is 11.7. The van der Waals surface area contributed by atoms with Crippen LogP contribution in [0.5, 0.6) is 5.75 Å². The molecule has 0 amide bonds. The second kappa shape index (κ2) is 8.01. The van der Waals surface area contributed by atoms with Crippen molar-refractivity contribution in [3.63, 3.8) is 0 Å². The molecule has 98 valence electrons. The third-order valence-corrected chi connectivity index (χ3v) is 2.93. The lowest BCUT2D eigenvalue weighted by Gasteiger charge is -2.14. The number of rotatable bonds is 5. The summed E-state index contributed by atoms with van der Waals surface area (Å²) in [6.07, 6.45) is 2.59. The molecule has 17 heavy (non-hydrogen) atoms. The molecule has 0 aliphatic rings. The number of unbranched alkanes of at least 4 members (excludes halogenated alkanes) is 1. The topological polar surface area (TPSA) is 72.3 Å². The molecule has 1 aromatic rings. The Hall–Kier alpha value is -0.190. The van der Waals surface area contributed by atoms with Crippen molar-refractivity contribution < 1.29 is 5.11 Å². The Kier molecular flexibility index (Phi) is 7.92. The molecule has 0 spiro atoms. The summed E-state index contributed by atoms with van der Waals surface area (Å²) in [5, 5.41) is 10.5. The first-order valence-corrected chi connectivity index (χ1v) is 5.95. The van der Waals surface area contributed by atoms with Crippen LogP contribution in [0.15, 0.2) is 12.1 Å². The summed E-state index contributed by atoms with van der Waals surface area (Å²) >= 11 is 11.7. The van der Waals surface area contributed by atoms with Gasteiger partial charge in [0.25, 0.3) is 0 Å². The van der Waals surface area contributed by atoms with E-state index < -0.39 is 0 Å². The van der Waals surface area contributed by atoms with Crippen molar-refractivity contribution >= 4 is 35.6 Å². The SMILES string of the molecule is Cl.NCCCC[C@H](N)c1cc(Cl)cc(Cl)c1O. The minimum atomic E-state index is -0.261. The van der Waals surface area contributed by atoms with Gasteiger partial charge in [-0.25, -0.2) is 0 Å². The summed E-state index contributed by atoms with van der Waals surface area (Å²) in [6, 6.07) is 2.88. The standard InChI is InChI=1S/C11H16Cl2N2O.ClH/c12-7-5-8(11(16)9(13)6-7)10(15)3-1-2-4-14;/h5-6,10,16H,1-4,14-15H2;1H/t10-;/m0./s1. The molecule has 0 aliphatic heterocycles. The predicted octanol–water partition coefficient (Wildman–Crippen LogP) is 3.25. The van der Waals surface area contributed by atoms with E-state index in [1.165, 1.54) is 6.07 Å². The van der Waals surface area contributed by atoms with E-state index in [9.17, 15) is 5.11 Å². The first-order chi connectivity index (χ1) is 7.56. The van der Waals surface area contributed by atoms with E-state index in [0.717, 1.165) is 19.3 Å². The van der Waals surface area contributed by atoms with E-state index in [-0.39, 0.29) is 29.2 Å². The minimum absolute atomic E-state index is 0. The van der Waals surface area contributed by atoms with E-state index in [1.807, 2.05) is 0 Å². The molecule has 0 radical (unpaired) electrons. The predicted molar refractivity (Wildman–Crippen MR) is 75.2 cm³/mol. The molecule has 0 aromatic heterocycles. The molecule has 0 saturated carbocycles. The van der Waals surface area contributed by atoms with Crippen molar-refractivity contribution in [2.75, 3.05) is 6.54 Å². The van der Waals surface area contributed by atoms with Crippen LogP contribution >= 0.6 is 35.6 Å². The summed E-state index contributed by atoms with van der Waals surface area (Å²) in [4.78, 5) is 0. The van der Waals surface area contributed by atoms with E-state index in [2.05, 4.69) is 0 Å². The first kappa shape index (κ1) is 16.8. The van der Waals surface area contributed by atoms with Gasteiger partial charge in [0.05, 0.1) is 5.02 Å². The fraction of sp³-hybridized carbons (Fsp3) is 0.455. The van der Waals surface area contributed by atoms with Gasteiger partial charge in [-0.3, -0.25) is 0 Å². The second-order valence-corrected chi connectivity index (χ2v) is 4.56. The summed E-state index contributed by atoms with van der Waals surface area (Å²) in [5.41, 5.74) is 11.9. The maximum atomic E-state index is 9.75. The smallest absolute Gasteiger partial charge is 0.139 e. The fourth-order valence-corrected chi connectivity index (χ4v) is 2.04. The van der Waals surface area contributed by atoms with Crippen LogP contribution in [-0.2, 0) is 0 Å². The van der Waals surface area contributed by atoms with E-state index in [1.54, 1.807) is 6.07 Å². The van der Waals surface area contributed by atoms with Gasteiger partial charge in [-0.15, -0.1) is 12.4 Å². The molecular formula is C11H17Cl3N2O. The van der Waals surface area contributed by atoms with Gasteiger partial charge in [-0.05, 0) is 31.5 Å². The molecule has 0 saturated heterocycles. The number of hydrogen-bond donors (Lipinski definition) is 3. The van der Waals surface area contributed by atoms with Crippen LogP contribution in [0.3, 0.4) is 0 Å². The Labute approximate surface area is 117 Å². The molecule has 1 atom stereocenters. The Balaban J connectivity index is 0.00000256. The molecule has 5 N–H and O–H groups in total. The van der Waals surface area contributed by atoms with Crippen molar-refractivity contribution in [2.45, 2.75) is 25.3 Å². The van der Waals surface area contributed by atoms with Gasteiger partial charge in [0, 0.05) is 16.6 Å². The average molecular weight is 300 g/mol. The van der Waals surface area contributed by atoms with Crippen molar-refractivity contribution in [1.29, 1.82) is 0 Å². The highest BCUT2D eigenvalue weighted by molar-refractivity contribution is 6.35. The summed E-state index contributed by atoms with van der Waals surface area (Å²) in [7, 11) is 0. The molecule has 0 heterocycles. The summed E-state index contributed by atoms with van der Waals surface area (Å²) in [6.45, 7) is 0.648. The maximum absolute atomic E-state index is 9.75. The van der Waals surface area contributed by atoms with Crippen LogP contribution in [-0.4, -0.2) is 11.7 Å². The second-order valence-electron chi connectivity index (χ2n) is 3.72. The Morgan fingerprint density at radius 3 is 2.47 bits per heavy atom. The Morgan fingerprint density at radius 1 is 1.24 bits per heavy atom. The zero-order valence-electron chi connectivity index (χ0n) is 9.33. The lowest BCUT2D eigenvalue weighted by Crippen LogP contribution is -2.11. The quantitative estimate of drug-likeness (QED) is 0.731. The highest BCUT2D eigenvalue weighted by Crippen LogP contribution is 2.35. The van der Waals surface area contributed by atoms with Crippen molar-refractivity contribution in [2.24, 2.45) is 11.5 Å². The van der Waals surface area contributed by atoms with Crippen molar-refractivity contribution in [1.82, 2.24) is 0 Å².